The summed E-state index contributed by atoms with van der Waals surface area (Å²) in [5, 5.41) is 13.8. The number of morpholine rings is 1. The van der Waals surface area contributed by atoms with Gasteiger partial charge in [0, 0.05) is 51.2 Å². The Morgan fingerprint density at radius 3 is 2.33 bits per heavy atom. The predicted octanol–water partition coefficient (Wildman–Crippen LogP) is 3.30. The number of carbonyl (C=O) groups is 2. The van der Waals surface area contributed by atoms with Crippen LogP contribution in [0, 0.1) is 0 Å². The molecule has 3 N–H and O–H groups in total. The molecule has 1 aromatic carbocycles. The summed E-state index contributed by atoms with van der Waals surface area (Å²) < 4.78 is 5.43. The van der Waals surface area contributed by atoms with E-state index in [1.807, 2.05) is 20.0 Å². The van der Waals surface area contributed by atoms with Gasteiger partial charge in [-0.3, -0.25) is 4.90 Å². The van der Waals surface area contributed by atoms with Crippen LogP contribution < -0.4 is 10.2 Å². The van der Waals surface area contributed by atoms with Crippen molar-refractivity contribution in [2.24, 2.45) is 0 Å². The first-order valence-electron chi connectivity index (χ1n) is 13.3. The Morgan fingerprint density at radius 1 is 1.08 bits per heavy atom. The third-order valence-electron chi connectivity index (χ3n) is 6.74. The molecular formula is C29H40N6O4. The summed E-state index contributed by atoms with van der Waals surface area (Å²) in [5.41, 5.74) is 3.10. The highest BCUT2D eigenvalue weighted by molar-refractivity contribution is 5.92. The Labute approximate surface area is 230 Å². The van der Waals surface area contributed by atoms with Crippen LogP contribution >= 0.6 is 0 Å². The average Bonchev–Trinajstić information content (AvgIpc) is 3.43. The average molecular weight is 537 g/mol. The van der Waals surface area contributed by atoms with E-state index in [1.165, 1.54) is 6.92 Å². The summed E-state index contributed by atoms with van der Waals surface area (Å²) in [6.45, 7) is 9.19. The van der Waals surface area contributed by atoms with Crippen LogP contribution in [-0.2, 0) is 14.3 Å². The third-order valence-corrected chi connectivity index (χ3v) is 6.74. The van der Waals surface area contributed by atoms with Crippen LogP contribution in [0.25, 0.3) is 22.3 Å². The van der Waals surface area contributed by atoms with E-state index in [2.05, 4.69) is 66.5 Å². The molecule has 2 aliphatic heterocycles. The highest BCUT2D eigenvalue weighted by Crippen LogP contribution is 2.29. The molecule has 0 spiro atoms. The zero-order valence-corrected chi connectivity index (χ0v) is 23.1. The maximum atomic E-state index is 10.5. The van der Waals surface area contributed by atoms with Crippen LogP contribution in [-0.4, -0.2) is 96.1 Å². The minimum atomic E-state index is -1.05. The lowest BCUT2D eigenvalue weighted by Crippen LogP contribution is -2.45. The van der Waals surface area contributed by atoms with Crippen molar-refractivity contribution in [1.82, 2.24) is 19.9 Å². The Hall–Kier alpha value is -3.60. The molecule has 0 bridgehead atoms. The summed E-state index contributed by atoms with van der Waals surface area (Å²) in [7, 11) is 1.92. The molecule has 4 heterocycles. The number of hydrogen-bond acceptors (Lipinski definition) is 9. The number of fused-ring (bicyclic) bond motifs is 1. The van der Waals surface area contributed by atoms with Crippen molar-refractivity contribution in [3.05, 3.63) is 48.8 Å². The van der Waals surface area contributed by atoms with Crippen LogP contribution in [0.3, 0.4) is 0 Å². The van der Waals surface area contributed by atoms with E-state index in [9.17, 15) is 9.90 Å². The highest BCUT2D eigenvalue weighted by Gasteiger charge is 2.31. The summed E-state index contributed by atoms with van der Waals surface area (Å²) >= 11 is 0. The molecule has 10 heteroatoms. The van der Waals surface area contributed by atoms with Gasteiger partial charge in [-0.1, -0.05) is 24.3 Å². The van der Waals surface area contributed by atoms with Crippen molar-refractivity contribution in [3.8, 4) is 11.3 Å². The van der Waals surface area contributed by atoms with Gasteiger partial charge in [-0.25, -0.2) is 9.97 Å². The number of nitrogens with zero attached hydrogens (tertiary/aromatic N) is 4. The molecule has 0 aliphatic carbocycles. The number of allylic oxidation sites excluding steroid dienone is 1. The van der Waals surface area contributed by atoms with Gasteiger partial charge in [0.1, 0.15) is 29.7 Å². The molecule has 3 aromatic rings. The van der Waals surface area contributed by atoms with Crippen molar-refractivity contribution in [1.29, 1.82) is 0 Å². The van der Waals surface area contributed by atoms with E-state index in [4.69, 9.17) is 9.53 Å². The number of aldehydes is 2. The number of aromatic nitrogens is 3. The van der Waals surface area contributed by atoms with E-state index in [1.54, 1.807) is 6.33 Å². The minimum Gasteiger partial charge on any atom is -0.388 e. The number of benzene rings is 1. The lowest BCUT2D eigenvalue weighted by Gasteiger charge is -2.33. The number of likely N-dealkylation sites (tertiary alicyclic amines) is 1. The molecule has 0 radical (unpaired) electrons. The molecule has 2 aromatic heterocycles. The molecule has 0 atom stereocenters. The van der Waals surface area contributed by atoms with Crippen molar-refractivity contribution in [3.63, 3.8) is 0 Å². The maximum Gasteiger partial charge on any atom is 0.151 e. The first-order valence-corrected chi connectivity index (χ1v) is 13.3. The quantitative estimate of drug-likeness (QED) is 0.322. The Morgan fingerprint density at radius 2 is 1.74 bits per heavy atom. The molecule has 2 aliphatic rings. The van der Waals surface area contributed by atoms with Gasteiger partial charge >= 0.3 is 0 Å². The first-order chi connectivity index (χ1) is 19.0. The van der Waals surface area contributed by atoms with Gasteiger partial charge in [0.25, 0.3) is 0 Å². The minimum absolute atomic E-state index is 0.564. The van der Waals surface area contributed by atoms with E-state index in [-0.39, 0.29) is 0 Å². The van der Waals surface area contributed by atoms with E-state index in [0.717, 1.165) is 86.0 Å². The van der Waals surface area contributed by atoms with Crippen LogP contribution in [0.5, 0.6) is 0 Å². The second-order valence-electron chi connectivity index (χ2n) is 9.40. The van der Waals surface area contributed by atoms with Gasteiger partial charge in [-0.15, -0.1) is 0 Å². The van der Waals surface area contributed by atoms with Crippen molar-refractivity contribution in [2.75, 3.05) is 63.2 Å². The van der Waals surface area contributed by atoms with Crippen LogP contribution in [0.2, 0.25) is 0 Å². The zero-order chi connectivity index (χ0) is 28.1. The molecular weight excluding hydrogens is 496 g/mol. The molecule has 5 rings (SSSR count). The standard InChI is InChI=1S/C17H19N5O.C10H17NO2.C2H4O/c1-18-13-4-2-12(3-5-13)15-10-14-16(21-15)19-11-20-17(14)22-6-8-23-9-7-22;1-2-3-6-11-7-4-10(13,9-12)5-8-11;1-2-3/h2-5,10-11,18H,6-9H2,1H3,(H,19,20,21);2-3,9,13H,4-8H2,1H3;2H,1H3/b;3-2+;. The normalized spacial score (nSPS) is 17.1. The van der Waals surface area contributed by atoms with Crippen molar-refractivity contribution >= 4 is 35.1 Å². The lowest BCUT2D eigenvalue weighted by molar-refractivity contribution is -0.128. The SMILES string of the molecule is C/C=C/CN1CCC(O)(C=O)CC1.CC=O.CNc1ccc(-c2cc3c(N4CCOCC4)ncnc3[nH]2)cc1. The monoisotopic (exact) mass is 536 g/mol. The maximum absolute atomic E-state index is 10.5. The summed E-state index contributed by atoms with van der Waals surface area (Å²) in [6.07, 6.45) is 8.28. The topological polar surface area (TPSA) is 124 Å². The van der Waals surface area contributed by atoms with Crippen LogP contribution in [0.15, 0.2) is 48.8 Å². The van der Waals surface area contributed by atoms with Gasteiger partial charge in [0.15, 0.2) is 6.29 Å². The number of ether oxygens (including phenoxy) is 1. The Kier molecular flexibility index (Phi) is 11.6. The molecule has 10 nitrogen and oxygen atoms in total. The molecule has 0 saturated carbocycles. The second kappa shape index (κ2) is 15.1. The van der Waals surface area contributed by atoms with E-state index >= 15 is 0 Å². The number of hydrogen-bond donors (Lipinski definition) is 3. The fourth-order valence-electron chi connectivity index (χ4n) is 4.42. The van der Waals surface area contributed by atoms with Gasteiger partial charge in [0.2, 0.25) is 0 Å². The van der Waals surface area contributed by atoms with Crippen molar-refractivity contribution < 1.29 is 19.4 Å². The van der Waals surface area contributed by atoms with E-state index < -0.39 is 5.60 Å². The van der Waals surface area contributed by atoms with Crippen LogP contribution in [0.1, 0.15) is 26.7 Å². The Bertz CT molecular complexity index is 1200. The molecule has 0 unspecified atom stereocenters. The number of H-pyrrole nitrogens is 1. The lowest BCUT2D eigenvalue weighted by atomic mass is 9.93. The smallest absolute Gasteiger partial charge is 0.151 e. The largest absolute Gasteiger partial charge is 0.388 e. The Balaban J connectivity index is 0.000000224. The number of piperidine rings is 1. The number of carbonyl (C=O) groups excluding carboxylic acids is 2. The molecule has 39 heavy (non-hydrogen) atoms. The highest BCUT2D eigenvalue weighted by atomic mass is 16.5. The fraction of sp³-hybridized carbons (Fsp3) is 0.448. The number of nitrogens with one attached hydrogen (secondary N) is 2. The number of rotatable bonds is 6. The summed E-state index contributed by atoms with van der Waals surface area (Å²) in [4.78, 5) is 36.1. The molecule has 2 fully saturated rings. The third kappa shape index (κ3) is 8.44. The number of aromatic amines is 1. The molecule has 210 valence electrons. The zero-order valence-electron chi connectivity index (χ0n) is 23.1. The first kappa shape index (κ1) is 29.9. The van der Waals surface area contributed by atoms with Gasteiger partial charge in [-0.2, -0.15) is 0 Å². The second-order valence-corrected chi connectivity index (χ2v) is 9.40. The van der Waals surface area contributed by atoms with Gasteiger partial charge in [0.05, 0.1) is 18.6 Å². The number of aliphatic hydroxyl groups is 1. The summed E-state index contributed by atoms with van der Waals surface area (Å²) in [6, 6.07) is 10.5. The van der Waals surface area contributed by atoms with Gasteiger partial charge in [-0.05, 0) is 50.5 Å². The molecule has 2 saturated heterocycles. The fourth-order valence-corrected chi connectivity index (χ4v) is 4.42. The van der Waals surface area contributed by atoms with Gasteiger partial charge < -0.3 is 34.6 Å². The van der Waals surface area contributed by atoms with Crippen LogP contribution in [0.4, 0.5) is 11.5 Å². The molecule has 0 amide bonds. The summed E-state index contributed by atoms with van der Waals surface area (Å²) in [5.74, 6) is 0.979. The van der Waals surface area contributed by atoms with Crippen molar-refractivity contribution in [2.45, 2.75) is 32.3 Å². The number of anilines is 2. The van der Waals surface area contributed by atoms with E-state index in [0.29, 0.717) is 19.1 Å². The predicted molar refractivity (Wildman–Crippen MR) is 155 cm³/mol.